The smallest absolute Gasteiger partial charge is 0.390 e. The topological polar surface area (TPSA) is 62.5 Å². The van der Waals surface area contributed by atoms with Gasteiger partial charge in [-0.25, -0.2) is 8.42 Å². The highest BCUT2D eigenvalue weighted by atomic mass is 32.2. The highest BCUT2D eigenvalue weighted by Crippen LogP contribution is 2.35. The van der Waals surface area contributed by atoms with Crippen LogP contribution in [0.4, 0.5) is 13.2 Å². The predicted molar refractivity (Wildman–Crippen MR) is 68.9 cm³/mol. The molecule has 0 radical (unpaired) electrons. The number of hydrogen-bond donors (Lipinski definition) is 1. The van der Waals surface area contributed by atoms with E-state index in [2.05, 4.69) is 0 Å². The van der Waals surface area contributed by atoms with E-state index >= 15 is 0 Å². The van der Waals surface area contributed by atoms with E-state index in [-0.39, 0.29) is 30.9 Å². The maximum absolute atomic E-state index is 12.8. The minimum atomic E-state index is -4.39. The molecule has 0 saturated carbocycles. The van der Waals surface area contributed by atoms with Crippen LogP contribution in [0.5, 0.6) is 0 Å². The molecule has 0 aliphatic carbocycles. The van der Waals surface area contributed by atoms with E-state index in [1.165, 1.54) is 16.8 Å². The van der Waals surface area contributed by atoms with Crippen molar-refractivity contribution in [2.75, 3.05) is 13.1 Å². The Balaban J connectivity index is 2.26. The first-order chi connectivity index (χ1) is 9.66. The van der Waals surface area contributed by atoms with Gasteiger partial charge in [0.1, 0.15) is 4.90 Å². The third-order valence-electron chi connectivity index (χ3n) is 3.73. The standard InChI is InChI=1S/C12H17F3N2O3S/c1-16-7-11(5-10(16)8-18)21(19,20)17-4-2-3-9(6-17)12(13,14)15/h5,7,9,18H,2-4,6,8H2,1H3. The molecule has 5 nitrogen and oxygen atoms in total. The molecule has 2 rings (SSSR count). The summed E-state index contributed by atoms with van der Waals surface area (Å²) in [5.41, 5.74) is 0.387. The van der Waals surface area contributed by atoms with Gasteiger partial charge in [-0.15, -0.1) is 0 Å². The van der Waals surface area contributed by atoms with Gasteiger partial charge in [0.2, 0.25) is 10.0 Å². The summed E-state index contributed by atoms with van der Waals surface area (Å²) >= 11 is 0. The van der Waals surface area contributed by atoms with Gasteiger partial charge < -0.3 is 9.67 Å². The minimum absolute atomic E-state index is 0.0494. The molecule has 1 fully saturated rings. The Kier molecular flexibility index (Phi) is 4.36. The molecule has 1 atom stereocenters. The van der Waals surface area contributed by atoms with Gasteiger partial charge >= 0.3 is 6.18 Å². The van der Waals surface area contributed by atoms with Crippen LogP contribution < -0.4 is 0 Å². The van der Waals surface area contributed by atoms with Crippen LogP contribution in [0.2, 0.25) is 0 Å². The van der Waals surface area contributed by atoms with Crippen molar-refractivity contribution in [3.05, 3.63) is 18.0 Å². The highest BCUT2D eigenvalue weighted by molar-refractivity contribution is 7.89. The molecule has 9 heteroatoms. The first-order valence-corrected chi connectivity index (χ1v) is 7.93. The molecule has 1 N–H and O–H groups in total. The number of piperidine rings is 1. The van der Waals surface area contributed by atoms with Crippen LogP contribution in [0.3, 0.4) is 0 Å². The lowest BCUT2D eigenvalue weighted by Gasteiger charge is -2.32. The van der Waals surface area contributed by atoms with Gasteiger partial charge in [0.15, 0.2) is 0 Å². The molecule has 21 heavy (non-hydrogen) atoms. The number of aryl methyl sites for hydroxylation is 1. The number of hydrogen-bond acceptors (Lipinski definition) is 3. The van der Waals surface area contributed by atoms with Gasteiger partial charge in [-0.2, -0.15) is 17.5 Å². The van der Waals surface area contributed by atoms with Crippen LogP contribution >= 0.6 is 0 Å². The summed E-state index contributed by atoms with van der Waals surface area (Å²) in [6.45, 7) is -0.801. The number of aromatic nitrogens is 1. The molecular weight excluding hydrogens is 309 g/mol. The molecule has 1 aliphatic heterocycles. The Labute approximate surface area is 121 Å². The number of halogens is 3. The van der Waals surface area contributed by atoms with Gasteiger partial charge in [-0.1, -0.05) is 0 Å². The molecule has 0 amide bonds. The normalized spacial score (nSPS) is 21.7. The zero-order valence-electron chi connectivity index (χ0n) is 11.5. The van der Waals surface area contributed by atoms with Crippen LogP contribution in [0.15, 0.2) is 17.2 Å². The Bertz CT molecular complexity index is 610. The fourth-order valence-electron chi connectivity index (χ4n) is 2.45. The van der Waals surface area contributed by atoms with Crippen LogP contribution in [-0.2, 0) is 23.7 Å². The summed E-state index contributed by atoms with van der Waals surface area (Å²) in [4.78, 5) is -0.0862. The number of sulfonamides is 1. The van der Waals surface area contributed by atoms with E-state index in [4.69, 9.17) is 5.11 Å². The number of aliphatic hydroxyl groups is 1. The second-order valence-electron chi connectivity index (χ2n) is 5.18. The van der Waals surface area contributed by atoms with Gasteiger partial charge in [0.25, 0.3) is 0 Å². The number of alkyl halides is 3. The van der Waals surface area contributed by atoms with Crippen LogP contribution in [0, 0.1) is 5.92 Å². The number of nitrogens with zero attached hydrogens (tertiary/aromatic N) is 2. The molecule has 2 heterocycles. The Morgan fingerprint density at radius 2 is 2.10 bits per heavy atom. The zero-order chi connectivity index (χ0) is 15.8. The summed E-state index contributed by atoms with van der Waals surface area (Å²) in [6.07, 6.45) is -2.95. The first-order valence-electron chi connectivity index (χ1n) is 6.49. The van der Waals surface area contributed by atoms with Crippen LogP contribution in [0.1, 0.15) is 18.5 Å². The largest absolute Gasteiger partial charge is 0.393 e. The van der Waals surface area contributed by atoms with Crippen molar-refractivity contribution in [3.63, 3.8) is 0 Å². The van der Waals surface area contributed by atoms with Crippen molar-refractivity contribution >= 4 is 10.0 Å². The van der Waals surface area contributed by atoms with E-state index in [1.54, 1.807) is 7.05 Å². The van der Waals surface area contributed by atoms with E-state index in [9.17, 15) is 21.6 Å². The Morgan fingerprint density at radius 1 is 1.43 bits per heavy atom. The molecule has 0 bridgehead atoms. The number of rotatable bonds is 3. The minimum Gasteiger partial charge on any atom is -0.390 e. The fourth-order valence-corrected chi connectivity index (χ4v) is 4.07. The lowest BCUT2D eigenvalue weighted by Crippen LogP contribution is -2.44. The van der Waals surface area contributed by atoms with Crippen molar-refractivity contribution < 1.29 is 26.7 Å². The highest BCUT2D eigenvalue weighted by Gasteiger charge is 2.44. The molecule has 1 aromatic heterocycles. The summed E-state index contributed by atoms with van der Waals surface area (Å²) in [5, 5.41) is 9.08. The second-order valence-corrected chi connectivity index (χ2v) is 7.12. The maximum atomic E-state index is 12.8. The molecule has 1 aliphatic rings. The van der Waals surface area contributed by atoms with E-state index < -0.39 is 28.7 Å². The second kappa shape index (κ2) is 5.62. The Hall–Kier alpha value is -1.06. The van der Waals surface area contributed by atoms with E-state index in [1.807, 2.05) is 0 Å². The average Bonchev–Trinajstić information content (AvgIpc) is 2.80. The van der Waals surface area contributed by atoms with Crippen LogP contribution in [0.25, 0.3) is 0 Å². The lowest BCUT2D eigenvalue weighted by molar-refractivity contribution is -0.182. The fraction of sp³-hybridized carbons (Fsp3) is 0.667. The van der Waals surface area contributed by atoms with Crippen molar-refractivity contribution in [2.24, 2.45) is 13.0 Å². The molecular formula is C12H17F3N2O3S. The third-order valence-corrected chi connectivity index (χ3v) is 5.56. The molecule has 120 valence electrons. The Morgan fingerprint density at radius 3 is 2.62 bits per heavy atom. The number of aliphatic hydroxyl groups excluding tert-OH is 1. The molecule has 1 aromatic rings. The van der Waals surface area contributed by atoms with Crippen LogP contribution in [-0.4, -0.2) is 41.7 Å². The van der Waals surface area contributed by atoms with Crippen molar-refractivity contribution in [1.29, 1.82) is 0 Å². The predicted octanol–water partition coefficient (Wildman–Crippen LogP) is 1.48. The average molecular weight is 326 g/mol. The summed E-state index contributed by atoms with van der Waals surface area (Å²) in [6, 6.07) is 1.28. The van der Waals surface area contributed by atoms with E-state index in [0.29, 0.717) is 5.69 Å². The van der Waals surface area contributed by atoms with E-state index in [0.717, 1.165) is 4.31 Å². The first kappa shape index (κ1) is 16.3. The third kappa shape index (κ3) is 3.24. The van der Waals surface area contributed by atoms with Crippen molar-refractivity contribution in [3.8, 4) is 0 Å². The van der Waals surface area contributed by atoms with Gasteiger partial charge in [-0.05, 0) is 18.9 Å². The zero-order valence-corrected chi connectivity index (χ0v) is 12.3. The van der Waals surface area contributed by atoms with Crippen molar-refractivity contribution in [2.45, 2.75) is 30.5 Å². The quantitative estimate of drug-likeness (QED) is 0.915. The van der Waals surface area contributed by atoms with Crippen molar-refractivity contribution in [1.82, 2.24) is 8.87 Å². The van der Waals surface area contributed by atoms with Gasteiger partial charge in [-0.3, -0.25) is 0 Å². The summed E-state index contributed by atoms with van der Waals surface area (Å²) in [5.74, 6) is -1.62. The molecule has 1 unspecified atom stereocenters. The monoisotopic (exact) mass is 326 g/mol. The molecule has 0 spiro atoms. The lowest BCUT2D eigenvalue weighted by atomic mass is 9.99. The molecule has 0 aromatic carbocycles. The maximum Gasteiger partial charge on any atom is 0.393 e. The molecule has 1 saturated heterocycles. The summed E-state index contributed by atoms with van der Waals surface area (Å²) < 4.78 is 65.4. The SMILES string of the molecule is Cn1cc(S(=O)(=O)N2CCCC(C(F)(F)F)C2)cc1CO. The van der Waals surface area contributed by atoms with Gasteiger partial charge in [0, 0.05) is 32.0 Å². The van der Waals surface area contributed by atoms with Gasteiger partial charge in [0.05, 0.1) is 12.5 Å². The summed E-state index contributed by atoms with van der Waals surface area (Å²) in [7, 11) is -2.40.